The van der Waals surface area contributed by atoms with Crippen molar-refractivity contribution in [3.05, 3.63) is 29.8 Å². The fourth-order valence-corrected chi connectivity index (χ4v) is 1.55. The molecule has 19 heavy (non-hydrogen) atoms. The predicted octanol–water partition coefficient (Wildman–Crippen LogP) is 1.61. The van der Waals surface area contributed by atoms with Crippen LogP contribution < -0.4 is 10.1 Å². The molecular formula is C14H19NO4. The monoisotopic (exact) mass is 265 g/mol. The normalized spacial score (nSPS) is 11.7. The number of nitrogens with one attached hydrogen (secondary N) is 1. The number of carboxylic acid groups (broad SMARTS) is 1. The Balaban J connectivity index is 2.60. The van der Waals surface area contributed by atoms with Crippen LogP contribution in [0.15, 0.2) is 24.3 Å². The molecular weight excluding hydrogens is 246 g/mol. The third-order valence-corrected chi connectivity index (χ3v) is 2.49. The van der Waals surface area contributed by atoms with E-state index >= 15 is 0 Å². The van der Waals surface area contributed by atoms with E-state index in [1.165, 1.54) is 0 Å². The summed E-state index contributed by atoms with van der Waals surface area (Å²) in [6.07, 6.45) is 0.201. The van der Waals surface area contributed by atoms with Gasteiger partial charge in [-0.2, -0.15) is 0 Å². The molecule has 0 saturated heterocycles. The van der Waals surface area contributed by atoms with Crippen molar-refractivity contribution >= 4 is 11.9 Å². The fourth-order valence-electron chi connectivity index (χ4n) is 1.55. The lowest BCUT2D eigenvalue weighted by Gasteiger charge is -2.14. The van der Waals surface area contributed by atoms with Crippen molar-refractivity contribution in [1.82, 2.24) is 5.32 Å². The molecule has 1 atom stereocenters. The Morgan fingerprint density at radius 2 is 2.16 bits per heavy atom. The Kier molecular flexibility index (Phi) is 5.85. The van der Waals surface area contributed by atoms with Gasteiger partial charge in [0.1, 0.15) is 5.75 Å². The molecule has 0 radical (unpaired) electrons. The molecule has 1 rings (SSSR count). The van der Waals surface area contributed by atoms with Crippen molar-refractivity contribution in [1.29, 1.82) is 0 Å². The van der Waals surface area contributed by atoms with Crippen LogP contribution in [0.25, 0.3) is 0 Å². The minimum absolute atomic E-state index is 0.0619. The van der Waals surface area contributed by atoms with Gasteiger partial charge in [0.15, 0.2) is 6.10 Å². The van der Waals surface area contributed by atoms with E-state index in [4.69, 9.17) is 9.84 Å². The van der Waals surface area contributed by atoms with Crippen LogP contribution in [-0.4, -0.2) is 29.6 Å². The van der Waals surface area contributed by atoms with Gasteiger partial charge in [-0.05, 0) is 31.0 Å². The van der Waals surface area contributed by atoms with Crippen LogP contribution in [0.4, 0.5) is 0 Å². The van der Waals surface area contributed by atoms with E-state index in [2.05, 4.69) is 5.32 Å². The predicted molar refractivity (Wildman–Crippen MR) is 71.2 cm³/mol. The molecule has 0 aromatic heterocycles. The highest BCUT2D eigenvalue weighted by atomic mass is 16.5. The Morgan fingerprint density at radius 1 is 1.42 bits per heavy atom. The molecule has 0 bridgehead atoms. The Labute approximate surface area is 112 Å². The zero-order valence-corrected chi connectivity index (χ0v) is 11.2. The number of carbonyl (C=O) groups is 2. The Morgan fingerprint density at radius 3 is 2.79 bits per heavy atom. The number of hydrogen-bond acceptors (Lipinski definition) is 3. The lowest BCUT2D eigenvalue weighted by Crippen LogP contribution is -2.36. The maximum absolute atomic E-state index is 11.6. The number of amides is 1. The van der Waals surface area contributed by atoms with Gasteiger partial charge in [-0.15, -0.1) is 0 Å². The number of ether oxygens (including phenoxy) is 1. The highest BCUT2D eigenvalue weighted by molar-refractivity contribution is 5.80. The average molecular weight is 265 g/mol. The number of benzene rings is 1. The average Bonchev–Trinajstić information content (AvgIpc) is 2.35. The highest BCUT2D eigenvalue weighted by Crippen LogP contribution is 2.15. The Hall–Kier alpha value is -2.04. The summed E-state index contributed by atoms with van der Waals surface area (Å²) in [5.41, 5.74) is 0.645. The van der Waals surface area contributed by atoms with Gasteiger partial charge in [-0.3, -0.25) is 9.59 Å². The molecule has 2 N–H and O–H groups in total. The number of aliphatic carboxylic acids is 1. The van der Waals surface area contributed by atoms with Crippen molar-refractivity contribution < 1.29 is 19.4 Å². The molecule has 0 heterocycles. The van der Waals surface area contributed by atoms with Crippen LogP contribution in [0, 0.1) is 0 Å². The molecule has 5 heteroatoms. The minimum Gasteiger partial charge on any atom is -0.481 e. The van der Waals surface area contributed by atoms with Crippen LogP contribution in [0.5, 0.6) is 5.75 Å². The molecule has 1 unspecified atom stereocenters. The van der Waals surface area contributed by atoms with Gasteiger partial charge in [0.2, 0.25) is 0 Å². The summed E-state index contributed by atoms with van der Waals surface area (Å²) in [6, 6.07) is 6.76. The summed E-state index contributed by atoms with van der Waals surface area (Å²) < 4.78 is 5.49. The molecule has 104 valence electrons. The molecule has 0 fully saturated rings. The van der Waals surface area contributed by atoms with E-state index in [0.717, 1.165) is 6.42 Å². The van der Waals surface area contributed by atoms with E-state index in [9.17, 15) is 9.59 Å². The first-order valence-corrected chi connectivity index (χ1v) is 6.28. The second-order valence-corrected chi connectivity index (χ2v) is 4.27. The maximum atomic E-state index is 11.6. The first kappa shape index (κ1) is 15.0. The lowest BCUT2D eigenvalue weighted by molar-refractivity contribution is -0.136. The number of rotatable bonds is 7. The minimum atomic E-state index is -0.897. The molecule has 0 aliphatic carbocycles. The van der Waals surface area contributed by atoms with Crippen LogP contribution >= 0.6 is 0 Å². The zero-order chi connectivity index (χ0) is 14.3. The van der Waals surface area contributed by atoms with Gasteiger partial charge in [0.05, 0.1) is 6.42 Å². The van der Waals surface area contributed by atoms with Gasteiger partial charge in [0, 0.05) is 6.54 Å². The van der Waals surface area contributed by atoms with Crippen molar-refractivity contribution in [3.8, 4) is 5.75 Å². The Bertz CT molecular complexity index is 445. The van der Waals surface area contributed by atoms with Crippen LogP contribution in [-0.2, 0) is 16.0 Å². The van der Waals surface area contributed by atoms with Gasteiger partial charge in [-0.25, -0.2) is 0 Å². The van der Waals surface area contributed by atoms with Gasteiger partial charge >= 0.3 is 5.97 Å². The topological polar surface area (TPSA) is 75.6 Å². The molecule has 1 amide bonds. The first-order chi connectivity index (χ1) is 9.02. The van der Waals surface area contributed by atoms with Gasteiger partial charge in [-0.1, -0.05) is 19.1 Å². The van der Waals surface area contributed by atoms with Crippen LogP contribution in [0.3, 0.4) is 0 Å². The molecule has 1 aromatic rings. The van der Waals surface area contributed by atoms with E-state index in [1.54, 1.807) is 31.2 Å². The standard InChI is InChI=1S/C14H19NO4/c1-3-7-15-14(18)10(2)19-12-6-4-5-11(8-12)9-13(16)17/h4-6,8,10H,3,7,9H2,1-2H3,(H,15,18)(H,16,17). The van der Waals surface area contributed by atoms with Crippen LogP contribution in [0.1, 0.15) is 25.8 Å². The summed E-state index contributed by atoms with van der Waals surface area (Å²) in [6.45, 7) is 4.25. The van der Waals surface area contributed by atoms with Crippen molar-refractivity contribution in [3.63, 3.8) is 0 Å². The number of hydrogen-bond donors (Lipinski definition) is 2. The quantitative estimate of drug-likeness (QED) is 0.785. The summed E-state index contributed by atoms with van der Waals surface area (Å²) in [7, 11) is 0. The van der Waals surface area contributed by atoms with Crippen molar-refractivity contribution in [2.24, 2.45) is 0 Å². The summed E-state index contributed by atoms with van der Waals surface area (Å²) >= 11 is 0. The molecule has 0 saturated carbocycles. The summed E-state index contributed by atoms with van der Waals surface area (Å²) in [5.74, 6) is -0.575. The van der Waals surface area contributed by atoms with E-state index in [0.29, 0.717) is 17.9 Å². The van der Waals surface area contributed by atoms with E-state index in [-0.39, 0.29) is 12.3 Å². The van der Waals surface area contributed by atoms with E-state index < -0.39 is 12.1 Å². The molecule has 5 nitrogen and oxygen atoms in total. The number of carboxylic acids is 1. The third kappa shape index (κ3) is 5.42. The van der Waals surface area contributed by atoms with Crippen LogP contribution in [0.2, 0.25) is 0 Å². The molecule has 0 aliphatic heterocycles. The molecule has 0 aliphatic rings. The van der Waals surface area contributed by atoms with Gasteiger partial charge < -0.3 is 15.2 Å². The zero-order valence-electron chi connectivity index (χ0n) is 11.2. The van der Waals surface area contributed by atoms with Crippen molar-refractivity contribution in [2.45, 2.75) is 32.8 Å². The second kappa shape index (κ2) is 7.41. The first-order valence-electron chi connectivity index (χ1n) is 6.28. The number of carbonyl (C=O) groups excluding carboxylic acids is 1. The maximum Gasteiger partial charge on any atom is 0.307 e. The largest absolute Gasteiger partial charge is 0.481 e. The van der Waals surface area contributed by atoms with Gasteiger partial charge in [0.25, 0.3) is 5.91 Å². The van der Waals surface area contributed by atoms with Crippen molar-refractivity contribution in [2.75, 3.05) is 6.54 Å². The molecule has 1 aromatic carbocycles. The highest BCUT2D eigenvalue weighted by Gasteiger charge is 2.14. The summed E-state index contributed by atoms with van der Waals surface area (Å²) in [5, 5.41) is 11.5. The third-order valence-electron chi connectivity index (χ3n) is 2.49. The summed E-state index contributed by atoms with van der Waals surface area (Å²) in [4.78, 5) is 22.3. The second-order valence-electron chi connectivity index (χ2n) is 4.27. The SMILES string of the molecule is CCCNC(=O)C(C)Oc1cccc(CC(=O)O)c1. The fraction of sp³-hybridized carbons (Fsp3) is 0.429. The molecule has 0 spiro atoms. The smallest absolute Gasteiger partial charge is 0.307 e. The lowest BCUT2D eigenvalue weighted by atomic mass is 10.1. The van der Waals surface area contributed by atoms with E-state index in [1.807, 2.05) is 6.92 Å².